The van der Waals surface area contributed by atoms with Crippen LogP contribution in [0.4, 0.5) is 5.69 Å². The van der Waals surface area contributed by atoms with Crippen molar-refractivity contribution in [3.05, 3.63) is 59.0 Å². The van der Waals surface area contributed by atoms with Gasteiger partial charge in [0.2, 0.25) is 5.91 Å². The largest absolute Gasteiger partial charge is 0.486 e. The third kappa shape index (κ3) is 3.78. The third-order valence-electron chi connectivity index (χ3n) is 4.27. The number of amides is 2. The predicted molar refractivity (Wildman–Crippen MR) is 103 cm³/mol. The van der Waals surface area contributed by atoms with Crippen molar-refractivity contribution in [1.82, 2.24) is 5.32 Å². The molecular formula is C20H18N2O4S. The number of ether oxygens (including phenoxy) is 2. The third-order valence-corrected chi connectivity index (χ3v) is 5.37. The number of anilines is 1. The molecule has 2 heterocycles. The number of benzene rings is 2. The molecule has 0 saturated heterocycles. The van der Waals surface area contributed by atoms with E-state index in [9.17, 15) is 9.59 Å². The number of hydrogen-bond donors (Lipinski definition) is 2. The van der Waals surface area contributed by atoms with Gasteiger partial charge in [-0.1, -0.05) is 30.0 Å². The first-order valence-corrected chi connectivity index (χ1v) is 9.42. The molecule has 0 spiro atoms. The van der Waals surface area contributed by atoms with Crippen LogP contribution in [0, 0.1) is 0 Å². The van der Waals surface area contributed by atoms with Crippen molar-refractivity contribution < 1.29 is 19.1 Å². The van der Waals surface area contributed by atoms with Crippen LogP contribution >= 0.6 is 11.8 Å². The van der Waals surface area contributed by atoms with Crippen LogP contribution in [-0.2, 0) is 9.59 Å². The Kier molecular flexibility index (Phi) is 4.77. The maximum Gasteiger partial charge on any atom is 0.262 e. The van der Waals surface area contributed by atoms with Gasteiger partial charge in [0.25, 0.3) is 5.91 Å². The van der Waals surface area contributed by atoms with Gasteiger partial charge in [0, 0.05) is 11.0 Å². The van der Waals surface area contributed by atoms with Crippen molar-refractivity contribution >= 4 is 29.3 Å². The van der Waals surface area contributed by atoms with Crippen molar-refractivity contribution in [2.24, 2.45) is 0 Å². The topological polar surface area (TPSA) is 76.7 Å². The summed E-state index contributed by atoms with van der Waals surface area (Å²) in [6.07, 6.45) is 1.34. The number of para-hydroxylation sites is 1. The van der Waals surface area contributed by atoms with Gasteiger partial charge < -0.3 is 20.1 Å². The van der Waals surface area contributed by atoms with E-state index in [0.29, 0.717) is 29.6 Å². The fourth-order valence-corrected chi connectivity index (χ4v) is 3.81. The summed E-state index contributed by atoms with van der Waals surface area (Å²) < 4.78 is 11.1. The van der Waals surface area contributed by atoms with E-state index < -0.39 is 0 Å². The zero-order valence-electron chi connectivity index (χ0n) is 14.7. The summed E-state index contributed by atoms with van der Waals surface area (Å²) in [5.41, 5.74) is 1.66. The lowest BCUT2D eigenvalue weighted by molar-refractivity contribution is -0.118. The highest BCUT2D eigenvalue weighted by molar-refractivity contribution is 8.04. The molecule has 7 heteroatoms. The molecule has 4 rings (SSSR count). The van der Waals surface area contributed by atoms with Crippen molar-refractivity contribution in [3.63, 3.8) is 0 Å². The highest BCUT2D eigenvalue weighted by Gasteiger charge is 2.22. The molecular weight excluding hydrogens is 364 g/mol. The van der Waals surface area contributed by atoms with Gasteiger partial charge in [0.1, 0.15) is 13.2 Å². The lowest BCUT2D eigenvalue weighted by Gasteiger charge is -2.21. The average molecular weight is 382 g/mol. The van der Waals surface area contributed by atoms with E-state index in [1.807, 2.05) is 49.4 Å². The van der Waals surface area contributed by atoms with E-state index in [1.54, 1.807) is 0 Å². The van der Waals surface area contributed by atoms with Crippen molar-refractivity contribution in [2.45, 2.75) is 17.9 Å². The maximum absolute atomic E-state index is 12.4. The molecule has 6 nitrogen and oxygen atoms in total. The summed E-state index contributed by atoms with van der Waals surface area (Å²) in [4.78, 5) is 25.9. The van der Waals surface area contributed by atoms with Gasteiger partial charge in [0.05, 0.1) is 16.6 Å². The van der Waals surface area contributed by atoms with Gasteiger partial charge in [0.15, 0.2) is 11.5 Å². The molecule has 0 bridgehead atoms. The SMILES string of the molecule is C[C@@H](NC(=O)/C=C1\Sc2ccccc2NC1=O)c1ccc2c(c1)OCCO2. The molecule has 0 unspecified atom stereocenters. The van der Waals surface area contributed by atoms with Crippen LogP contribution in [0.3, 0.4) is 0 Å². The Morgan fingerprint density at radius 1 is 1.19 bits per heavy atom. The van der Waals surface area contributed by atoms with Crippen molar-refractivity contribution in [1.29, 1.82) is 0 Å². The van der Waals surface area contributed by atoms with E-state index >= 15 is 0 Å². The van der Waals surface area contributed by atoms with E-state index in [4.69, 9.17) is 9.47 Å². The predicted octanol–water partition coefficient (Wildman–Crippen LogP) is 3.26. The summed E-state index contributed by atoms with van der Waals surface area (Å²) in [6, 6.07) is 12.8. The van der Waals surface area contributed by atoms with Crippen LogP contribution < -0.4 is 20.1 Å². The number of nitrogens with one attached hydrogen (secondary N) is 2. The van der Waals surface area contributed by atoms with Gasteiger partial charge >= 0.3 is 0 Å². The Bertz CT molecular complexity index is 941. The normalized spacial score (nSPS) is 17.7. The number of carbonyl (C=O) groups excluding carboxylic acids is 2. The molecule has 0 aliphatic carbocycles. The molecule has 1 atom stereocenters. The molecule has 2 aliphatic rings. The molecule has 2 aromatic rings. The molecule has 138 valence electrons. The molecule has 0 saturated carbocycles. The smallest absolute Gasteiger partial charge is 0.262 e. The van der Waals surface area contributed by atoms with Gasteiger partial charge in [-0.3, -0.25) is 9.59 Å². The van der Waals surface area contributed by atoms with Gasteiger partial charge in [-0.2, -0.15) is 0 Å². The fraction of sp³-hybridized carbons (Fsp3) is 0.200. The molecule has 2 amide bonds. The highest BCUT2D eigenvalue weighted by atomic mass is 32.2. The van der Waals surface area contributed by atoms with Crippen LogP contribution in [0.5, 0.6) is 11.5 Å². The lowest BCUT2D eigenvalue weighted by Crippen LogP contribution is -2.27. The number of carbonyl (C=O) groups is 2. The molecule has 0 fully saturated rings. The quantitative estimate of drug-likeness (QED) is 0.797. The number of fused-ring (bicyclic) bond motifs is 2. The highest BCUT2D eigenvalue weighted by Crippen LogP contribution is 2.37. The second-order valence-electron chi connectivity index (χ2n) is 6.19. The number of hydrogen-bond acceptors (Lipinski definition) is 5. The summed E-state index contributed by atoms with van der Waals surface area (Å²) in [5, 5.41) is 5.69. The average Bonchev–Trinajstić information content (AvgIpc) is 2.68. The standard InChI is InChI=1S/C20H18N2O4S/c1-12(13-6-7-15-16(10-13)26-9-8-25-15)21-19(23)11-18-20(24)22-14-4-2-3-5-17(14)27-18/h2-7,10-12H,8-9H2,1H3,(H,21,23)(H,22,24)/b18-11-/t12-/m1/s1. The summed E-state index contributed by atoms with van der Waals surface area (Å²) in [5.74, 6) is 0.784. The molecule has 27 heavy (non-hydrogen) atoms. The van der Waals surface area contributed by atoms with Gasteiger partial charge in [-0.15, -0.1) is 0 Å². The second-order valence-corrected chi connectivity index (χ2v) is 7.28. The minimum Gasteiger partial charge on any atom is -0.486 e. The number of thioether (sulfide) groups is 1. The molecule has 2 aromatic carbocycles. The Morgan fingerprint density at radius 3 is 2.81 bits per heavy atom. The molecule has 0 radical (unpaired) electrons. The van der Waals surface area contributed by atoms with Crippen LogP contribution in [-0.4, -0.2) is 25.0 Å². The van der Waals surface area contributed by atoms with E-state index in [1.165, 1.54) is 17.8 Å². The second kappa shape index (κ2) is 7.36. The van der Waals surface area contributed by atoms with Crippen LogP contribution in [0.15, 0.2) is 58.3 Å². The maximum atomic E-state index is 12.4. The van der Waals surface area contributed by atoms with Gasteiger partial charge in [-0.05, 0) is 36.8 Å². The van der Waals surface area contributed by atoms with Crippen LogP contribution in [0.25, 0.3) is 0 Å². The molecule has 0 aromatic heterocycles. The summed E-state index contributed by atoms with van der Waals surface area (Å²) in [6.45, 7) is 2.93. The Hall–Kier alpha value is -2.93. The summed E-state index contributed by atoms with van der Waals surface area (Å²) >= 11 is 1.29. The Morgan fingerprint density at radius 2 is 1.96 bits per heavy atom. The minimum absolute atomic E-state index is 0.242. The van der Waals surface area contributed by atoms with Crippen molar-refractivity contribution in [3.8, 4) is 11.5 Å². The molecule has 2 aliphatic heterocycles. The minimum atomic E-state index is -0.325. The summed E-state index contributed by atoms with van der Waals surface area (Å²) in [7, 11) is 0. The first-order valence-electron chi connectivity index (χ1n) is 8.60. The molecule has 2 N–H and O–H groups in total. The Labute approximate surface area is 160 Å². The number of rotatable bonds is 3. The van der Waals surface area contributed by atoms with Crippen LogP contribution in [0.2, 0.25) is 0 Å². The lowest BCUT2D eigenvalue weighted by atomic mass is 10.1. The Balaban J connectivity index is 1.46. The monoisotopic (exact) mass is 382 g/mol. The zero-order chi connectivity index (χ0) is 18.8. The van der Waals surface area contributed by atoms with E-state index in [-0.39, 0.29) is 17.9 Å². The first kappa shape index (κ1) is 17.5. The van der Waals surface area contributed by atoms with Gasteiger partial charge in [-0.25, -0.2) is 0 Å². The van der Waals surface area contributed by atoms with Crippen molar-refractivity contribution in [2.75, 3.05) is 18.5 Å². The van der Waals surface area contributed by atoms with E-state index in [0.717, 1.165) is 16.1 Å². The van der Waals surface area contributed by atoms with E-state index in [2.05, 4.69) is 10.6 Å². The first-order chi connectivity index (χ1) is 13.1. The van der Waals surface area contributed by atoms with Crippen LogP contribution in [0.1, 0.15) is 18.5 Å². The zero-order valence-corrected chi connectivity index (χ0v) is 15.5. The fourth-order valence-electron chi connectivity index (χ4n) is 2.89.